The highest BCUT2D eigenvalue weighted by Gasteiger charge is 2.42. The van der Waals surface area contributed by atoms with Crippen molar-refractivity contribution in [2.75, 3.05) is 18.8 Å². The van der Waals surface area contributed by atoms with E-state index in [1.165, 1.54) is 9.21 Å². The number of hydrogen-bond acceptors (Lipinski definition) is 4. The molecule has 27 heavy (non-hydrogen) atoms. The van der Waals surface area contributed by atoms with Crippen molar-refractivity contribution < 1.29 is 23.1 Å². The second-order valence-electron chi connectivity index (χ2n) is 7.25. The standard InChI is InChI=1S/C19H26N2O5S/c1-2-3-11-27(25,26)21-10-6-9-17(21)18(22)20-12-14-7-4-5-8-15(14)16(13-20)19(23)24/h4-5,7-8,16-17H,2-3,6,9-13H2,1H3,(H,23,24). The molecule has 1 saturated heterocycles. The third-order valence-corrected chi connectivity index (χ3v) is 7.36. The second kappa shape index (κ2) is 7.98. The number of amides is 1. The van der Waals surface area contributed by atoms with Gasteiger partial charge >= 0.3 is 5.97 Å². The predicted molar refractivity (Wildman–Crippen MR) is 101 cm³/mol. The van der Waals surface area contributed by atoms with Gasteiger partial charge in [0.2, 0.25) is 15.9 Å². The van der Waals surface area contributed by atoms with Crippen LogP contribution in [0.2, 0.25) is 0 Å². The molecular weight excluding hydrogens is 368 g/mol. The first kappa shape index (κ1) is 19.8. The summed E-state index contributed by atoms with van der Waals surface area (Å²) in [7, 11) is -3.48. The Balaban J connectivity index is 1.82. The maximum atomic E-state index is 13.1. The molecule has 3 rings (SSSR count). The Bertz CT molecular complexity index is 823. The SMILES string of the molecule is CCCCS(=O)(=O)N1CCCC1C(=O)N1Cc2ccccc2C(C(=O)O)C1. The number of benzene rings is 1. The number of unbranched alkanes of at least 4 members (excludes halogenated alkanes) is 1. The van der Waals surface area contributed by atoms with Gasteiger partial charge < -0.3 is 10.0 Å². The third-order valence-electron chi connectivity index (χ3n) is 5.41. The lowest BCUT2D eigenvalue weighted by atomic mass is 9.89. The Morgan fingerprint density at radius 2 is 2.00 bits per heavy atom. The molecular formula is C19H26N2O5S. The lowest BCUT2D eigenvalue weighted by Crippen LogP contribution is -2.50. The van der Waals surface area contributed by atoms with Gasteiger partial charge in [-0.3, -0.25) is 9.59 Å². The van der Waals surface area contributed by atoms with Crippen LogP contribution < -0.4 is 0 Å². The van der Waals surface area contributed by atoms with Crippen molar-refractivity contribution in [2.24, 2.45) is 0 Å². The molecule has 1 fully saturated rings. The van der Waals surface area contributed by atoms with Gasteiger partial charge in [-0.05, 0) is 30.4 Å². The molecule has 0 aromatic heterocycles. The largest absolute Gasteiger partial charge is 0.481 e. The summed E-state index contributed by atoms with van der Waals surface area (Å²) in [5.41, 5.74) is 1.54. The number of hydrogen-bond donors (Lipinski definition) is 1. The number of carboxylic acids is 1. The summed E-state index contributed by atoms with van der Waals surface area (Å²) in [6, 6.07) is 6.52. The number of carboxylic acid groups (broad SMARTS) is 1. The van der Waals surface area contributed by atoms with E-state index in [9.17, 15) is 23.1 Å². The minimum atomic E-state index is -3.48. The number of nitrogens with zero attached hydrogens (tertiary/aromatic N) is 2. The molecule has 2 atom stereocenters. The summed E-state index contributed by atoms with van der Waals surface area (Å²) in [6.07, 6.45) is 2.47. The molecule has 0 aliphatic carbocycles. The summed E-state index contributed by atoms with van der Waals surface area (Å²) in [4.78, 5) is 26.4. The highest BCUT2D eigenvalue weighted by atomic mass is 32.2. The molecule has 0 spiro atoms. The van der Waals surface area contributed by atoms with Crippen LogP contribution in [0, 0.1) is 0 Å². The van der Waals surface area contributed by atoms with Gasteiger partial charge in [0.1, 0.15) is 6.04 Å². The van der Waals surface area contributed by atoms with Crippen LogP contribution in [0.1, 0.15) is 49.7 Å². The maximum Gasteiger partial charge on any atom is 0.312 e. The lowest BCUT2D eigenvalue weighted by molar-refractivity contribution is -0.142. The van der Waals surface area contributed by atoms with Crippen molar-refractivity contribution in [1.29, 1.82) is 0 Å². The Kier molecular flexibility index (Phi) is 5.86. The van der Waals surface area contributed by atoms with E-state index in [-0.39, 0.29) is 18.2 Å². The summed E-state index contributed by atoms with van der Waals surface area (Å²) in [5.74, 6) is -1.99. The van der Waals surface area contributed by atoms with E-state index in [1.807, 2.05) is 19.1 Å². The maximum absolute atomic E-state index is 13.1. The lowest BCUT2D eigenvalue weighted by Gasteiger charge is -2.35. The first-order chi connectivity index (χ1) is 12.8. The summed E-state index contributed by atoms with van der Waals surface area (Å²) >= 11 is 0. The van der Waals surface area contributed by atoms with Crippen LogP contribution in [0.3, 0.4) is 0 Å². The minimum Gasteiger partial charge on any atom is -0.481 e. The molecule has 1 N–H and O–H groups in total. The Hall–Kier alpha value is -1.93. The van der Waals surface area contributed by atoms with Gasteiger partial charge in [0.05, 0.1) is 11.7 Å². The molecule has 2 heterocycles. The molecule has 0 radical (unpaired) electrons. The van der Waals surface area contributed by atoms with E-state index in [4.69, 9.17) is 0 Å². The summed E-state index contributed by atoms with van der Waals surface area (Å²) in [6.45, 7) is 2.68. The molecule has 1 aromatic carbocycles. The van der Waals surface area contributed by atoms with E-state index in [2.05, 4.69) is 0 Å². The molecule has 0 bridgehead atoms. The van der Waals surface area contributed by atoms with Crippen LogP contribution >= 0.6 is 0 Å². The normalized spacial score (nSPS) is 23.2. The van der Waals surface area contributed by atoms with Crippen LogP contribution in [-0.4, -0.2) is 59.5 Å². The van der Waals surface area contributed by atoms with Crippen molar-refractivity contribution in [3.8, 4) is 0 Å². The molecule has 1 aromatic rings. The van der Waals surface area contributed by atoms with Crippen molar-refractivity contribution in [3.05, 3.63) is 35.4 Å². The fourth-order valence-electron chi connectivity index (χ4n) is 3.96. The molecule has 7 nitrogen and oxygen atoms in total. The van der Waals surface area contributed by atoms with Gasteiger partial charge in [0.15, 0.2) is 0 Å². The zero-order chi connectivity index (χ0) is 19.6. The quantitative estimate of drug-likeness (QED) is 0.794. The van der Waals surface area contributed by atoms with Crippen LogP contribution in [0.4, 0.5) is 0 Å². The monoisotopic (exact) mass is 394 g/mol. The van der Waals surface area contributed by atoms with Crippen molar-refractivity contribution in [2.45, 2.75) is 51.1 Å². The van der Waals surface area contributed by atoms with Crippen LogP contribution in [0.25, 0.3) is 0 Å². The number of sulfonamides is 1. The van der Waals surface area contributed by atoms with E-state index in [1.54, 1.807) is 12.1 Å². The first-order valence-electron chi connectivity index (χ1n) is 9.44. The zero-order valence-electron chi connectivity index (χ0n) is 15.5. The molecule has 148 valence electrons. The second-order valence-corrected chi connectivity index (χ2v) is 9.29. The third kappa shape index (κ3) is 4.01. The average Bonchev–Trinajstić information content (AvgIpc) is 3.15. The average molecular weight is 394 g/mol. The molecule has 8 heteroatoms. The number of fused-ring (bicyclic) bond motifs is 1. The fourth-order valence-corrected chi connectivity index (χ4v) is 5.84. The van der Waals surface area contributed by atoms with Crippen molar-refractivity contribution >= 4 is 21.9 Å². The highest BCUT2D eigenvalue weighted by molar-refractivity contribution is 7.89. The van der Waals surface area contributed by atoms with E-state index in [0.29, 0.717) is 32.4 Å². The summed E-state index contributed by atoms with van der Waals surface area (Å²) < 4.78 is 26.6. The Morgan fingerprint density at radius 3 is 2.70 bits per heavy atom. The highest BCUT2D eigenvalue weighted by Crippen LogP contribution is 2.31. The van der Waals surface area contributed by atoms with Crippen molar-refractivity contribution in [1.82, 2.24) is 9.21 Å². The predicted octanol–water partition coefficient (Wildman–Crippen LogP) is 1.79. The van der Waals surface area contributed by atoms with Crippen LogP contribution in [0.5, 0.6) is 0 Å². The number of aliphatic carboxylic acids is 1. The fraction of sp³-hybridized carbons (Fsp3) is 0.579. The number of carbonyl (C=O) groups excluding carboxylic acids is 1. The van der Waals surface area contributed by atoms with Gasteiger partial charge in [-0.15, -0.1) is 0 Å². The Labute approximate surface area is 160 Å². The van der Waals surface area contributed by atoms with Gasteiger partial charge in [-0.2, -0.15) is 4.31 Å². The first-order valence-corrected chi connectivity index (χ1v) is 11.0. The Morgan fingerprint density at radius 1 is 1.26 bits per heavy atom. The van der Waals surface area contributed by atoms with Gasteiger partial charge in [0.25, 0.3) is 0 Å². The van der Waals surface area contributed by atoms with Crippen LogP contribution in [0.15, 0.2) is 24.3 Å². The molecule has 2 aliphatic rings. The van der Waals surface area contributed by atoms with Gasteiger partial charge in [-0.1, -0.05) is 37.6 Å². The van der Waals surface area contributed by atoms with Crippen LogP contribution in [-0.2, 0) is 26.2 Å². The van der Waals surface area contributed by atoms with Gasteiger partial charge in [-0.25, -0.2) is 8.42 Å². The summed E-state index contributed by atoms with van der Waals surface area (Å²) in [5, 5.41) is 9.58. The molecule has 1 amide bonds. The van der Waals surface area contributed by atoms with E-state index < -0.39 is 28.0 Å². The zero-order valence-corrected chi connectivity index (χ0v) is 16.3. The topological polar surface area (TPSA) is 95.0 Å². The molecule has 2 aliphatic heterocycles. The minimum absolute atomic E-state index is 0.0495. The van der Waals surface area contributed by atoms with E-state index >= 15 is 0 Å². The molecule has 0 saturated carbocycles. The van der Waals surface area contributed by atoms with E-state index in [0.717, 1.165) is 17.5 Å². The van der Waals surface area contributed by atoms with Gasteiger partial charge in [0, 0.05) is 19.6 Å². The molecule has 2 unspecified atom stereocenters. The number of carbonyl (C=O) groups is 2. The van der Waals surface area contributed by atoms with Crippen molar-refractivity contribution in [3.63, 3.8) is 0 Å². The smallest absolute Gasteiger partial charge is 0.312 e. The number of rotatable bonds is 6.